The van der Waals surface area contributed by atoms with Crippen molar-refractivity contribution in [1.82, 2.24) is 14.9 Å². The molecule has 2 aromatic heterocycles. The third-order valence-corrected chi connectivity index (χ3v) is 8.26. The van der Waals surface area contributed by atoms with Crippen molar-refractivity contribution >= 4 is 26.8 Å². The summed E-state index contributed by atoms with van der Waals surface area (Å²) in [6, 6.07) is 6.67. The molecule has 36 heavy (non-hydrogen) atoms. The van der Waals surface area contributed by atoms with Gasteiger partial charge in [0.2, 0.25) is 0 Å². The number of aromatic nitrogens is 3. The van der Waals surface area contributed by atoms with Crippen molar-refractivity contribution in [3.8, 4) is 17.2 Å². The molecule has 1 aliphatic heterocycles. The van der Waals surface area contributed by atoms with Crippen LogP contribution in [0.1, 0.15) is 30.4 Å². The zero-order chi connectivity index (χ0) is 25.1. The summed E-state index contributed by atoms with van der Waals surface area (Å²) in [5.74, 6) is -0.658. The van der Waals surface area contributed by atoms with Crippen molar-refractivity contribution in [1.29, 1.82) is 0 Å². The van der Waals surface area contributed by atoms with Crippen molar-refractivity contribution in [2.24, 2.45) is 0 Å². The SMILES string of the molecule is COc1ccc2c(c1S(=O)(=O)Nc1noc3cc(Cn4cccn4)c(F)c(OC)c13)OCCC21CC1. The molecule has 1 saturated carbocycles. The number of nitrogens with one attached hydrogen (secondary N) is 1. The number of hydrogen-bond acceptors (Lipinski definition) is 8. The average molecular weight is 515 g/mol. The van der Waals surface area contributed by atoms with E-state index in [1.165, 1.54) is 20.3 Å². The number of anilines is 1. The number of nitrogens with zero attached hydrogens (tertiary/aromatic N) is 3. The van der Waals surface area contributed by atoms with Gasteiger partial charge in [0.05, 0.1) is 27.4 Å². The lowest BCUT2D eigenvalue weighted by atomic mass is 9.90. The summed E-state index contributed by atoms with van der Waals surface area (Å²) in [7, 11) is -1.60. The van der Waals surface area contributed by atoms with Crippen molar-refractivity contribution in [3.05, 3.63) is 53.6 Å². The van der Waals surface area contributed by atoms with Gasteiger partial charge in [-0.05, 0) is 37.5 Å². The third-order valence-electron chi connectivity index (χ3n) is 6.88. The van der Waals surface area contributed by atoms with E-state index in [-0.39, 0.29) is 56.5 Å². The molecule has 1 fully saturated rings. The van der Waals surface area contributed by atoms with Gasteiger partial charge in [-0.1, -0.05) is 11.2 Å². The second kappa shape index (κ2) is 8.12. The molecule has 2 aliphatic rings. The fraction of sp³-hybridized carbons (Fsp3) is 0.333. The van der Waals surface area contributed by atoms with Crippen LogP contribution in [0.5, 0.6) is 17.2 Å². The predicted octanol–water partition coefficient (Wildman–Crippen LogP) is 3.84. The number of ether oxygens (including phenoxy) is 3. The lowest BCUT2D eigenvalue weighted by Crippen LogP contribution is -2.24. The van der Waals surface area contributed by atoms with Crippen molar-refractivity contribution < 1.29 is 31.5 Å². The Bertz CT molecular complexity index is 1580. The maximum Gasteiger partial charge on any atom is 0.270 e. The molecule has 0 saturated heterocycles. The molecule has 0 atom stereocenters. The third kappa shape index (κ3) is 3.47. The Balaban J connectivity index is 1.44. The molecule has 6 rings (SSSR count). The van der Waals surface area contributed by atoms with Crippen LogP contribution < -0.4 is 18.9 Å². The van der Waals surface area contributed by atoms with Gasteiger partial charge < -0.3 is 18.7 Å². The normalized spacial score (nSPS) is 16.0. The quantitative estimate of drug-likeness (QED) is 0.395. The molecule has 188 valence electrons. The topological polar surface area (TPSA) is 118 Å². The van der Waals surface area contributed by atoms with E-state index in [2.05, 4.69) is 15.0 Å². The van der Waals surface area contributed by atoms with Crippen LogP contribution in [0.3, 0.4) is 0 Å². The van der Waals surface area contributed by atoms with Crippen LogP contribution in [0.15, 0.2) is 46.1 Å². The average Bonchev–Trinajstić information content (AvgIpc) is 3.24. The Morgan fingerprint density at radius 3 is 2.75 bits per heavy atom. The number of halogens is 1. The van der Waals surface area contributed by atoms with Crippen LogP contribution in [0.4, 0.5) is 10.2 Å². The molecule has 1 aliphatic carbocycles. The molecular weight excluding hydrogens is 491 g/mol. The van der Waals surface area contributed by atoms with Gasteiger partial charge in [0.1, 0.15) is 16.9 Å². The molecule has 0 radical (unpaired) electrons. The van der Waals surface area contributed by atoms with E-state index in [9.17, 15) is 8.42 Å². The maximum atomic E-state index is 15.4. The lowest BCUT2D eigenvalue weighted by molar-refractivity contribution is 0.250. The second-order valence-electron chi connectivity index (χ2n) is 8.95. The first-order valence-electron chi connectivity index (χ1n) is 11.4. The highest BCUT2D eigenvalue weighted by Gasteiger charge is 2.49. The van der Waals surface area contributed by atoms with Gasteiger partial charge in [0.25, 0.3) is 10.0 Å². The number of benzene rings is 2. The van der Waals surface area contributed by atoms with E-state index in [0.29, 0.717) is 6.61 Å². The van der Waals surface area contributed by atoms with E-state index in [1.54, 1.807) is 29.2 Å². The molecule has 1 N–H and O–H groups in total. The van der Waals surface area contributed by atoms with E-state index in [1.807, 2.05) is 6.07 Å². The first kappa shape index (κ1) is 22.7. The standard InChI is InChI=1S/C24H23FN4O6S/c1-32-16-5-4-15-20(34-11-8-24(15)6-7-24)22(16)36(30,31)28-23-18-17(35-27-23)12-14(19(25)21(18)33-2)13-29-10-3-9-26-29/h3-5,9-10,12H,6-8,11,13H2,1-2H3,(H,27,28). The smallest absolute Gasteiger partial charge is 0.270 e. The van der Waals surface area contributed by atoms with E-state index in [4.69, 9.17) is 18.7 Å². The molecule has 3 heterocycles. The number of fused-ring (bicyclic) bond motifs is 3. The van der Waals surface area contributed by atoms with Gasteiger partial charge in [0, 0.05) is 28.9 Å². The fourth-order valence-electron chi connectivity index (χ4n) is 4.90. The number of methoxy groups -OCH3 is 2. The predicted molar refractivity (Wildman–Crippen MR) is 127 cm³/mol. The zero-order valence-corrected chi connectivity index (χ0v) is 20.4. The highest BCUT2D eigenvalue weighted by Crippen LogP contribution is 2.58. The molecule has 0 amide bonds. The molecule has 4 aromatic rings. The van der Waals surface area contributed by atoms with Gasteiger partial charge in [-0.25, -0.2) is 12.8 Å². The summed E-state index contributed by atoms with van der Waals surface area (Å²) in [5.41, 5.74) is 1.20. The summed E-state index contributed by atoms with van der Waals surface area (Å²) < 4.78 is 68.7. The Hall–Kier alpha value is -3.80. The van der Waals surface area contributed by atoms with E-state index in [0.717, 1.165) is 24.8 Å². The number of rotatable bonds is 7. The monoisotopic (exact) mass is 514 g/mol. The van der Waals surface area contributed by atoms with Crippen LogP contribution in [-0.2, 0) is 22.0 Å². The van der Waals surface area contributed by atoms with Gasteiger partial charge in [0.15, 0.2) is 27.9 Å². The first-order valence-corrected chi connectivity index (χ1v) is 12.8. The minimum absolute atomic E-state index is 0.0535. The summed E-state index contributed by atoms with van der Waals surface area (Å²) in [4.78, 5) is -0.126. The first-order chi connectivity index (χ1) is 17.4. The van der Waals surface area contributed by atoms with Gasteiger partial charge in [-0.3, -0.25) is 9.40 Å². The summed E-state index contributed by atoms with van der Waals surface area (Å²) in [6.45, 7) is 0.535. The van der Waals surface area contributed by atoms with Crippen LogP contribution in [0, 0.1) is 5.82 Å². The Morgan fingerprint density at radius 1 is 1.22 bits per heavy atom. The summed E-state index contributed by atoms with van der Waals surface area (Å²) in [5, 5.41) is 8.04. The number of sulfonamides is 1. The van der Waals surface area contributed by atoms with Gasteiger partial charge in [-0.2, -0.15) is 5.10 Å². The second-order valence-corrected chi connectivity index (χ2v) is 10.6. The van der Waals surface area contributed by atoms with E-state index >= 15 is 4.39 Å². The van der Waals surface area contributed by atoms with Crippen molar-refractivity contribution in [3.63, 3.8) is 0 Å². The van der Waals surface area contributed by atoms with Crippen LogP contribution in [0.2, 0.25) is 0 Å². The Labute approximate surface area is 206 Å². The molecule has 0 unspecified atom stereocenters. The molecule has 2 aromatic carbocycles. The van der Waals surface area contributed by atoms with Crippen LogP contribution in [-0.4, -0.2) is 44.2 Å². The van der Waals surface area contributed by atoms with Gasteiger partial charge in [-0.15, -0.1) is 0 Å². The molecular formula is C24H23FN4O6S. The van der Waals surface area contributed by atoms with Crippen LogP contribution in [0.25, 0.3) is 11.0 Å². The summed E-state index contributed by atoms with van der Waals surface area (Å²) in [6.07, 6.45) is 6.07. The Morgan fingerprint density at radius 2 is 2.06 bits per heavy atom. The largest absolute Gasteiger partial charge is 0.495 e. The fourth-order valence-corrected chi connectivity index (χ4v) is 6.22. The lowest BCUT2D eigenvalue weighted by Gasteiger charge is -2.28. The van der Waals surface area contributed by atoms with Crippen molar-refractivity contribution in [2.45, 2.75) is 36.1 Å². The highest BCUT2D eigenvalue weighted by atomic mass is 32.2. The van der Waals surface area contributed by atoms with Crippen molar-refractivity contribution in [2.75, 3.05) is 25.5 Å². The maximum absolute atomic E-state index is 15.4. The highest BCUT2D eigenvalue weighted by molar-refractivity contribution is 7.93. The molecule has 1 spiro atoms. The zero-order valence-electron chi connectivity index (χ0n) is 19.6. The van der Waals surface area contributed by atoms with Crippen LogP contribution >= 0.6 is 0 Å². The van der Waals surface area contributed by atoms with E-state index < -0.39 is 15.8 Å². The van der Waals surface area contributed by atoms with Gasteiger partial charge >= 0.3 is 0 Å². The molecule has 12 heteroatoms. The molecule has 0 bridgehead atoms. The Kier molecular flexibility index (Phi) is 5.11. The summed E-state index contributed by atoms with van der Waals surface area (Å²) >= 11 is 0. The minimum atomic E-state index is -4.28. The minimum Gasteiger partial charge on any atom is -0.495 e. The molecule has 10 nitrogen and oxygen atoms in total. The number of hydrogen-bond donors (Lipinski definition) is 1.